The third-order valence-electron chi connectivity index (χ3n) is 3.73. The first-order valence-corrected chi connectivity index (χ1v) is 9.16. The van der Waals surface area contributed by atoms with Gasteiger partial charge in [-0.2, -0.15) is 0 Å². The summed E-state index contributed by atoms with van der Waals surface area (Å²) in [5.74, 6) is 1.73. The number of hydrogen-bond acceptors (Lipinski definition) is 5. The predicted molar refractivity (Wildman–Crippen MR) is 94.5 cm³/mol. The summed E-state index contributed by atoms with van der Waals surface area (Å²) in [4.78, 5) is 25.0. The van der Waals surface area contributed by atoms with Crippen LogP contribution in [0.3, 0.4) is 0 Å². The normalized spacial score (nSPS) is 14.1. The summed E-state index contributed by atoms with van der Waals surface area (Å²) in [5.41, 5.74) is 2.03. The summed E-state index contributed by atoms with van der Waals surface area (Å²) in [6, 6.07) is 11.6. The maximum atomic E-state index is 12.0. The van der Waals surface area contributed by atoms with E-state index < -0.39 is 0 Å². The first-order chi connectivity index (χ1) is 12.2. The average Bonchev–Trinajstić information content (AvgIpc) is 3.26. The highest BCUT2D eigenvalue weighted by Gasteiger charge is 2.22. The molecular weight excluding hydrogens is 340 g/mol. The summed E-state index contributed by atoms with van der Waals surface area (Å²) in [6.07, 6.45) is 1.62. The lowest BCUT2D eigenvalue weighted by molar-refractivity contribution is -0.132. The zero-order chi connectivity index (χ0) is 17.5. The Hall–Kier alpha value is -2.25. The molecule has 1 fully saturated rings. The monoisotopic (exact) mass is 360 g/mol. The van der Waals surface area contributed by atoms with Crippen molar-refractivity contribution in [2.24, 2.45) is 0 Å². The molecule has 1 N–H and O–H groups in total. The van der Waals surface area contributed by atoms with Crippen molar-refractivity contribution < 1.29 is 18.7 Å². The van der Waals surface area contributed by atoms with Crippen LogP contribution < -0.4 is 5.32 Å². The Kier molecular flexibility index (Phi) is 6.14. The number of nitrogens with one attached hydrogen (secondary N) is 1. The number of hydrogen-bond donors (Lipinski definition) is 1. The van der Waals surface area contributed by atoms with Crippen LogP contribution in [-0.4, -0.2) is 34.9 Å². The van der Waals surface area contributed by atoms with Gasteiger partial charge in [-0.25, -0.2) is 0 Å². The molecule has 1 aliphatic rings. The van der Waals surface area contributed by atoms with Crippen LogP contribution in [0.2, 0.25) is 0 Å². The second-order valence-electron chi connectivity index (χ2n) is 5.74. The molecule has 0 spiro atoms. The van der Waals surface area contributed by atoms with Gasteiger partial charge in [-0.3, -0.25) is 9.59 Å². The van der Waals surface area contributed by atoms with Crippen molar-refractivity contribution in [1.82, 2.24) is 10.2 Å². The van der Waals surface area contributed by atoms with Gasteiger partial charge >= 0.3 is 0 Å². The second kappa shape index (κ2) is 8.73. The largest absolute Gasteiger partial charge is 0.467 e. The first kappa shape index (κ1) is 17.6. The van der Waals surface area contributed by atoms with E-state index in [1.54, 1.807) is 11.2 Å². The fourth-order valence-electron chi connectivity index (χ4n) is 2.46. The lowest BCUT2D eigenvalue weighted by Crippen LogP contribution is -2.37. The van der Waals surface area contributed by atoms with Crippen LogP contribution in [0.25, 0.3) is 0 Å². The smallest absolute Gasteiger partial charge is 0.239 e. The van der Waals surface area contributed by atoms with Crippen LogP contribution in [0.4, 0.5) is 0 Å². The zero-order valence-electron chi connectivity index (χ0n) is 13.8. The van der Waals surface area contributed by atoms with E-state index >= 15 is 0 Å². The van der Waals surface area contributed by atoms with Gasteiger partial charge in [0, 0.05) is 6.54 Å². The Bertz CT molecular complexity index is 718. The van der Waals surface area contributed by atoms with Gasteiger partial charge in [0.05, 0.1) is 24.5 Å². The van der Waals surface area contributed by atoms with E-state index in [9.17, 15) is 9.59 Å². The molecule has 0 aliphatic carbocycles. The van der Waals surface area contributed by atoms with Crippen molar-refractivity contribution in [3.05, 3.63) is 59.5 Å². The fraction of sp³-hybridized carbons (Fsp3) is 0.333. The number of furan rings is 1. The Morgan fingerprint density at radius 3 is 2.88 bits per heavy atom. The Balaban J connectivity index is 1.43. The highest BCUT2D eigenvalue weighted by atomic mass is 32.2. The van der Waals surface area contributed by atoms with E-state index in [1.807, 2.05) is 36.4 Å². The molecular formula is C18H20N2O4S. The van der Waals surface area contributed by atoms with Crippen molar-refractivity contribution in [1.29, 1.82) is 0 Å². The summed E-state index contributed by atoms with van der Waals surface area (Å²) >= 11 is 1.53. The zero-order valence-corrected chi connectivity index (χ0v) is 14.6. The van der Waals surface area contributed by atoms with E-state index in [1.165, 1.54) is 11.8 Å². The minimum Gasteiger partial charge on any atom is -0.467 e. The number of thioether (sulfide) groups is 1. The van der Waals surface area contributed by atoms with Crippen LogP contribution in [0, 0.1) is 0 Å². The van der Waals surface area contributed by atoms with Gasteiger partial charge in [0.2, 0.25) is 11.8 Å². The highest BCUT2D eigenvalue weighted by molar-refractivity contribution is 8.00. The van der Waals surface area contributed by atoms with Crippen LogP contribution in [-0.2, 0) is 34.1 Å². The molecule has 0 unspecified atom stereocenters. The van der Waals surface area contributed by atoms with Gasteiger partial charge in [0.1, 0.15) is 18.9 Å². The molecule has 3 rings (SSSR count). The quantitative estimate of drug-likeness (QED) is 0.781. The topological polar surface area (TPSA) is 71.8 Å². The third kappa shape index (κ3) is 5.37. The van der Waals surface area contributed by atoms with Gasteiger partial charge in [0.25, 0.3) is 0 Å². The Morgan fingerprint density at radius 2 is 2.12 bits per heavy atom. The molecule has 6 nitrogen and oxygen atoms in total. The second-order valence-corrected chi connectivity index (χ2v) is 6.69. The number of carbonyl (C=O) groups excluding carboxylic acids is 2. The number of rotatable bonds is 8. The molecule has 0 radical (unpaired) electrons. The molecule has 132 valence electrons. The summed E-state index contributed by atoms with van der Waals surface area (Å²) < 4.78 is 10.8. The molecule has 0 atom stereocenters. The minimum absolute atomic E-state index is 0.0239. The van der Waals surface area contributed by atoms with E-state index in [0.29, 0.717) is 31.4 Å². The Morgan fingerprint density at radius 1 is 1.24 bits per heavy atom. The van der Waals surface area contributed by atoms with Gasteiger partial charge in [-0.1, -0.05) is 24.3 Å². The van der Waals surface area contributed by atoms with E-state index in [4.69, 9.17) is 9.15 Å². The summed E-state index contributed by atoms with van der Waals surface area (Å²) in [5, 5.41) is 2.85. The molecule has 7 heteroatoms. The van der Waals surface area contributed by atoms with E-state index in [0.717, 1.165) is 16.9 Å². The molecule has 0 saturated carbocycles. The molecule has 2 amide bonds. The van der Waals surface area contributed by atoms with Gasteiger partial charge < -0.3 is 19.4 Å². The van der Waals surface area contributed by atoms with E-state index in [2.05, 4.69) is 5.32 Å². The Labute approximate surface area is 150 Å². The number of benzene rings is 1. The lowest BCUT2D eigenvalue weighted by atomic mass is 10.1. The molecule has 25 heavy (non-hydrogen) atoms. The van der Waals surface area contributed by atoms with Crippen molar-refractivity contribution in [3.8, 4) is 0 Å². The highest BCUT2D eigenvalue weighted by Crippen LogP contribution is 2.14. The predicted octanol–water partition coefficient (Wildman–Crippen LogP) is 2.15. The molecule has 0 bridgehead atoms. The fourth-order valence-corrected chi connectivity index (χ4v) is 3.37. The minimum atomic E-state index is -0.143. The molecule has 1 aromatic heterocycles. The summed E-state index contributed by atoms with van der Waals surface area (Å²) in [6.45, 7) is 1.45. The van der Waals surface area contributed by atoms with Crippen molar-refractivity contribution in [3.63, 3.8) is 0 Å². The first-order valence-electron chi connectivity index (χ1n) is 8.01. The molecule has 1 saturated heterocycles. The average molecular weight is 360 g/mol. The lowest BCUT2D eigenvalue weighted by Gasteiger charge is -2.14. The van der Waals surface area contributed by atoms with Gasteiger partial charge in [-0.05, 0) is 23.3 Å². The van der Waals surface area contributed by atoms with Crippen molar-refractivity contribution in [2.45, 2.75) is 19.8 Å². The number of amides is 2. The standard InChI is InChI=1S/C18H20N2O4S/c21-17(9-20-13-25-12-18(20)22)19-8-14-3-1-4-15(7-14)10-23-11-16-5-2-6-24-16/h1-7H,8-13H2,(H,19,21). The maximum Gasteiger partial charge on any atom is 0.239 e. The third-order valence-corrected chi connectivity index (χ3v) is 4.68. The number of ether oxygens (including phenoxy) is 1. The molecule has 2 heterocycles. The van der Waals surface area contributed by atoms with Gasteiger partial charge in [0.15, 0.2) is 0 Å². The van der Waals surface area contributed by atoms with Gasteiger partial charge in [-0.15, -0.1) is 11.8 Å². The molecule has 1 aromatic carbocycles. The summed E-state index contributed by atoms with van der Waals surface area (Å²) in [7, 11) is 0. The SMILES string of the molecule is O=C(CN1CSCC1=O)NCc1cccc(COCc2ccco2)c1. The van der Waals surface area contributed by atoms with Crippen LogP contribution in [0.1, 0.15) is 16.9 Å². The number of carbonyl (C=O) groups is 2. The number of nitrogens with zero attached hydrogens (tertiary/aromatic N) is 1. The van der Waals surface area contributed by atoms with Crippen LogP contribution in [0.5, 0.6) is 0 Å². The van der Waals surface area contributed by atoms with Crippen molar-refractivity contribution >= 4 is 23.6 Å². The van der Waals surface area contributed by atoms with Crippen LogP contribution in [0.15, 0.2) is 47.1 Å². The van der Waals surface area contributed by atoms with Crippen LogP contribution >= 0.6 is 11.8 Å². The van der Waals surface area contributed by atoms with E-state index in [-0.39, 0.29) is 18.4 Å². The maximum absolute atomic E-state index is 12.0. The molecule has 1 aliphatic heterocycles. The molecule has 2 aromatic rings. The van der Waals surface area contributed by atoms with Crippen molar-refractivity contribution in [2.75, 3.05) is 18.2 Å².